The molecule has 10 heteroatoms. The first-order chi connectivity index (χ1) is 17.8. The molecule has 0 saturated carbocycles. The first kappa shape index (κ1) is 28.6. The Morgan fingerprint density at radius 3 is 2.38 bits per heavy atom. The van der Waals surface area contributed by atoms with Gasteiger partial charge in [0.25, 0.3) is 13.4 Å². The van der Waals surface area contributed by atoms with Crippen LogP contribution in [-0.4, -0.2) is 67.2 Å². The Hall–Kier alpha value is -3.00. The van der Waals surface area contributed by atoms with Crippen LogP contribution in [0.1, 0.15) is 42.6 Å². The van der Waals surface area contributed by atoms with Crippen molar-refractivity contribution < 1.29 is 28.2 Å². The molecule has 0 aliphatic carbocycles. The number of esters is 1. The molecular formula is C27H36N3O6P. The van der Waals surface area contributed by atoms with Crippen LogP contribution in [-0.2, 0) is 29.8 Å². The third kappa shape index (κ3) is 8.81. The van der Waals surface area contributed by atoms with Crippen LogP contribution in [0, 0.1) is 0 Å². The molecule has 0 spiro atoms. The predicted octanol–water partition coefficient (Wildman–Crippen LogP) is 3.40. The van der Waals surface area contributed by atoms with Crippen LogP contribution in [0.4, 0.5) is 0 Å². The molecule has 1 fully saturated rings. The molecule has 2 aromatic carbocycles. The summed E-state index contributed by atoms with van der Waals surface area (Å²) in [5, 5.41) is 5.99. The summed E-state index contributed by atoms with van der Waals surface area (Å²) in [5.41, 5.74) is 1.47. The highest BCUT2D eigenvalue weighted by molar-refractivity contribution is 7.57. The average molecular weight is 530 g/mol. The maximum atomic E-state index is 14.0. The molecule has 3 rings (SSSR count). The summed E-state index contributed by atoms with van der Waals surface area (Å²) in [6.45, 7) is 4.13. The molecule has 3 atom stereocenters. The number of nitrogens with zero attached hydrogens (tertiary/aromatic N) is 1. The molecule has 2 unspecified atom stereocenters. The van der Waals surface area contributed by atoms with Gasteiger partial charge < -0.3 is 19.5 Å². The summed E-state index contributed by atoms with van der Waals surface area (Å²) >= 11 is 0. The van der Waals surface area contributed by atoms with Crippen LogP contribution in [0.2, 0.25) is 0 Å². The molecule has 1 heterocycles. The lowest BCUT2D eigenvalue weighted by molar-refractivity contribution is -0.150. The Bertz CT molecular complexity index is 1080. The van der Waals surface area contributed by atoms with Crippen molar-refractivity contribution in [3.63, 3.8) is 0 Å². The van der Waals surface area contributed by atoms with E-state index in [0.717, 1.165) is 5.56 Å². The van der Waals surface area contributed by atoms with Crippen molar-refractivity contribution in [2.75, 3.05) is 32.5 Å². The fourth-order valence-corrected chi connectivity index (χ4v) is 6.59. The van der Waals surface area contributed by atoms with Crippen molar-refractivity contribution in [1.29, 1.82) is 0 Å². The van der Waals surface area contributed by atoms with E-state index in [1.54, 1.807) is 38.1 Å². The van der Waals surface area contributed by atoms with E-state index in [2.05, 4.69) is 10.4 Å². The Kier molecular flexibility index (Phi) is 10.9. The molecule has 2 N–H and O–H groups in total. The van der Waals surface area contributed by atoms with E-state index in [0.29, 0.717) is 31.4 Å². The van der Waals surface area contributed by atoms with Gasteiger partial charge in [0, 0.05) is 18.2 Å². The Morgan fingerprint density at radius 2 is 1.73 bits per heavy atom. The standard InChI is InChI=1S/C27H36N3O6P/c1-3-35-25(31)19-30-17-11-16-24(27(30)33)29-37(34,36-4-2)20-23(18-21-12-7-5-8-13-21)28-26(32)22-14-9-6-10-15-22/h5-10,12-15,23-24H,3-4,11,16-20H2,1-2H3,(H,28,32)(H,29,34)/t23?,24-,37?/m0/s1. The lowest BCUT2D eigenvalue weighted by atomic mass is 10.1. The zero-order valence-electron chi connectivity index (χ0n) is 21.4. The Balaban J connectivity index is 1.77. The van der Waals surface area contributed by atoms with Gasteiger partial charge in [0.05, 0.1) is 25.4 Å². The molecule has 1 aliphatic heterocycles. The van der Waals surface area contributed by atoms with Crippen molar-refractivity contribution in [2.24, 2.45) is 0 Å². The third-order valence-corrected chi connectivity index (χ3v) is 8.30. The second kappa shape index (κ2) is 14.1. The predicted molar refractivity (Wildman–Crippen MR) is 141 cm³/mol. The number of carbonyl (C=O) groups excluding carboxylic acids is 3. The Morgan fingerprint density at radius 1 is 1.05 bits per heavy atom. The quantitative estimate of drug-likeness (QED) is 0.302. The lowest BCUT2D eigenvalue weighted by Gasteiger charge is -2.34. The monoisotopic (exact) mass is 529 g/mol. The van der Waals surface area contributed by atoms with Crippen molar-refractivity contribution in [3.8, 4) is 0 Å². The summed E-state index contributed by atoms with van der Waals surface area (Å²) in [7, 11) is -3.57. The maximum Gasteiger partial charge on any atom is 0.325 e. The topological polar surface area (TPSA) is 114 Å². The highest BCUT2D eigenvalue weighted by Gasteiger charge is 2.37. The van der Waals surface area contributed by atoms with Gasteiger partial charge in [-0.1, -0.05) is 48.5 Å². The summed E-state index contributed by atoms with van der Waals surface area (Å²) in [5.74, 6) is -1.07. The van der Waals surface area contributed by atoms with Crippen LogP contribution in [0.15, 0.2) is 60.7 Å². The number of ether oxygens (including phenoxy) is 1. The molecule has 0 aromatic heterocycles. The van der Waals surface area contributed by atoms with E-state index in [1.165, 1.54) is 4.90 Å². The molecule has 2 amide bonds. The zero-order chi connectivity index (χ0) is 26.7. The van der Waals surface area contributed by atoms with Crippen LogP contribution in [0.5, 0.6) is 0 Å². The van der Waals surface area contributed by atoms with Crippen molar-refractivity contribution in [3.05, 3.63) is 71.8 Å². The zero-order valence-corrected chi connectivity index (χ0v) is 22.3. The third-order valence-electron chi connectivity index (χ3n) is 6.00. The van der Waals surface area contributed by atoms with E-state index in [-0.39, 0.29) is 37.7 Å². The molecular weight excluding hydrogens is 493 g/mol. The van der Waals surface area contributed by atoms with Crippen LogP contribution < -0.4 is 10.4 Å². The number of likely N-dealkylation sites (tertiary alicyclic amines) is 1. The SMILES string of the molecule is CCOC(=O)CN1CCC[C@H](NP(=O)(CC(Cc2ccccc2)NC(=O)c2ccccc2)OCC)C1=O. The highest BCUT2D eigenvalue weighted by atomic mass is 31.2. The van der Waals surface area contributed by atoms with Gasteiger partial charge in [-0.25, -0.2) is 5.09 Å². The smallest absolute Gasteiger partial charge is 0.325 e. The second-order valence-electron chi connectivity index (χ2n) is 8.89. The normalized spacial score (nSPS) is 18.1. The summed E-state index contributed by atoms with van der Waals surface area (Å²) in [4.78, 5) is 39.4. The van der Waals surface area contributed by atoms with Crippen molar-refractivity contribution in [1.82, 2.24) is 15.3 Å². The van der Waals surface area contributed by atoms with Gasteiger partial charge in [0.1, 0.15) is 6.54 Å². The minimum atomic E-state index is -3.57. The van der Waals surface area contributed by atoms with Gasteiger partial charge in [0.2, 0.25) is 5.91 Å². The first-order valence-electron chi connectivity index (χ1n) is 12.7. The number of nitrogens with one attached hydrogen (secondary N) is 2. The van der Waals surface area contributed by atoms with Gasteiger partial charge in [-0.2, -0.15) is 0 Å². The van der Waals surface area contributed by atoms with E-state index in [9.17, 15) is 18.9 Å². The highest BCUT2D eigenvalue weighted by Crippen LogP contribution is 2.44. The average Bonchev–Trinajstić information content (AvgIpc) is 2.88. The molecule has 200 valence electrons. The maximum absolute atomic E-state index is 14.0. The fourth-order valence-electron chi connectivity index (χ4n) is 4.38. The summed E-state index contributed by atoms with van der Waals surface area (Å²) in [6.07, 6.45) is 1.55. The van der Waals surface area contributed by atoms with Crippen LogP contribution >= 0.6 is 7.52 Å². The minimum absolute atomic E-state index is 0.00400. The second-order valence-corrected chi connectivity index (χ2v) is 11.1. The van der Waals surface area contributed by atoms with Gasteiger partial charge in [-0.3, -0.25) is 18.9 Å². The number of hydrogen-bond acceptors (Lipinski definition) is 6. The molecule has 1 saturated heterocycles. The van der Waals surface area contributed by atoms with E-state index in [4.69, 9.17) is 9.26 Å². The minimum Gasteiger partial charge on any atom is -0.465 e. The number of hydrogen-bond donors (Lipinski definition) is 2. The number of amides is 2. The van der Waals surface area contributed by atoms with Gasteiger partial charge in [-0.15, -0.1) is 0 Å². The number of benzene rings is 2. The summed E-state index contributed by atoms with van der Waals surface area (Å²) < 4.78 is 24.7. The molecule has 37 heavy (non-hydrogen) atoms. The van der Waals surface area contributed by atoms with Gasteiger partial charge in [-0.05, 0) is 50.8 Å². The van der Waals surface area contributed by atoms with Gasteiger partial charge >= 0.3 is 5.97 Å². The summed E-state index contributed by atoms with van der Waals surface area (Å²) in [6, 6.07) is 17.2. The molecule has 9 nitrogen and oxygen atoms in total. The Labute approximate surface area is 218 Å². The largest absolute Gasteiger partial charge is 0.465 e. The van der Waals surface area contributed by atoms with Crippen LogP contribution in [0.3, 0.4) is 0 Å². The molecule has 2 aromatic rings. The van der Waals surface area contributed by atoms with E-state index < -0.39 is 25.6 Å². The molecule has 0 bridgehead atoms. The van der Waals surface area contributed by atoms with E-state index >= 15 is 0 Å². The van der Waals surface area contributed by atoms with Crippen LogP contribution in [0.25, 0.3) is 0 Å². The molecule has 0 radical (unpaired) electrons. The number of carbonyl (C=O) groups is 3. The van der Waals surface area contributed by atoms with Gasteiger partial charge in [0.15, 0.2) is 0 Å². The molecule has 1 aliphatic rings. The van der Waals surface area contributed by atoms with E-state index in [1.807, 2.05) is 36.4 Å². The van der Waals surface area contributed by atoms with Crippen molar-refractivity contribution in [2.45, 2.75) is 45.2 Å². The first-order valence-corrected chi connectivity index (χ1v) is 14.5. The number of rotatable bonds is 13. The lowest BCUT2D eigenvalue weighted by Crippen LogP contribution is -2.52. The fraction of sp³-hybridized carbons (Fsp3) is 0.444. The number of piperidine rings is 1. The van der Waals surface area contributed by atoms with Crippen molar-refractivity contribution >= 4 is 25.3 Å².